The Labute approximate surface area is 218 Å². The molecule has 0 spiro atoms. The van der Waals surface area contributed by atoms with Crippen molar-refractivity contribution in [3.05, 3.63) is 96.3 Å². The Kier molecular flexibility index (Phi) is 14.7. The first-order valence-electron chi connectivity index (χ1n) is 12.5. The summed E-state index contributed by atoms with van der Waals surface area (Å²) in [4.78, 5) is 7.80. The van der Waals surface area contributed by atoms with E-state index < -0.39 is 0 Å². The van der Waals surface area contributed by atoms with Crippen molar-refractivity contribution in [3.63, 3.8) is 0 Å². The van der Waals surface area contributed by atoms with Crippen LogP contribution < -0.4 is 10.6 Å². The van der Waals surface area contributed by atoms with Crippen molar-refractivity contribution in [2.45, 2.75) is 60.9 Å². The number of hydrogen-bond acceptors (Lipinski definition) is 3. The van der Waals surface area contributed by atoms with E-state index in [1.807, 2.05) is 44.2 Å². The molecule has 0 aliphatic heterocycles. The monoisotopic (exact) mass is 490 g/mol. The molecule has 0 bridgehead atoms. The van der Waals surface area contributed by atoms with E-state index in [1.165, 1.54) is 17.6 Å². The average molecular weight is 491 g/mol. The molecular formula is C30H42N4S. The van der Waals surface area contributed by atoms with Gasteiger partial charge >= 0.3 is 0 Å². The number of thiocarbonyl (C=S) groups is 1. The number of nitrogens with one attached hydrogen (secondary N) is 3. The van der Waals surface area contributed by atoms with Crippen molar-refractivity contribution < 1.29 is 0 Å². The molecule has 188 valence electrons. The second-order valence-corrected chi connectivity index (χ2v) is 8.57. The van der Waals surface area contributed by atoms with Crippen LogP contribution >= 0.6 is 12.2 Å². The molecule has 0 atom stereocenters. The molecular weight excluding hydrogens is 448 g/mol. The third-order valence-corrected chi connectivity index (χ3v) is 5.52. The minimum Gasteiger partial charge on any atom is -0.352 e. The number of nitrogens with zero attached hydrogens (tertiary/aromatic N) is 1. The van der Waals surface area contributed by atoms with Gasteiger partial charge in [-0.1, -0.05) is 109 Å². The number of hydrogen-bond donors (Lipinski definition) is 3. The zero-order chi connectivity index (χ0) is 26.1. The average Bonchev–Trinajstić information content (AvgIpc) is 3.42. The van der Waals surface area contributed by atoms with Crippen molar-refractivity contribution in [2.24, 2.45) is 5.92 Å². The summed E-state index contributed by atoms with van der Waals surface area (Å²) in [6.07, 6.45) is 7.80. The van der Waals surface area contributed by atoms with E-state index in [0.29, 0.717) is 11.5 Å². The zero-order valence-corrected chi connectivity index (χ0v) is 23.0. The number of H-pyrrole nitrogens is 1. The van der Waals surface area contributed by atoms with Crippen LogP contribution in [0.4, 0.5) is 11.6 Å². The van der Waals surface area contributed by atoms with Crippen LogP contribution in [0.2, 0.25) is 0 Å². The topological polar surface area (TPSA) is 52.7 Å². The summed E-state index contributed by atoms with van der Waals surface area (Å²) < 4.78 is 0. The molecule has 1 aromatic heterocycles. The maximum Gasteiger partial charge on any atom is 0.200 e. The lowest BCUT2D eigenvalue weighted by Gasteiger charge is -2.11. The zero-order valence-electron chi connectivity index (χ0n) is 22.2. The highest BCUT2D eigenvalue weighted by Crippen LogP contribution is 2.20. The molecule has 1 heterocycles. The van der Waals surface area contributed by atoms with Crippen LogP contribution in [0.1, 0.15) is 65.5 Å². The van der Waals surface area contributed by atoms with Crippen LogP contribution in [0.25, 0.3) is 5.57 Å². The molecule has 0 fully saturated rings. The first kappa shape index (κ1) is 29.9. The number of anilines is 2. The van der Waals surface area contributed by atoms with Crippen molar-refractivity contribution in [3.8, 4) is 0 Å². The number of aromatic nitrogens is 2. The predicted molar refractivity (Wildman–Crippen MR) is 159 cm³/mol. The molecule has 35 heavy (non-hydrogen) atoms. The Morgan fingerprint density at radius 1 is 1.06 bits per heavy atom. The molecule has 3 aromatic rings. The van der Waals surface area contributed by atoms with E-state index >= 15 is 0 Å². The minimum atomic E-state index is 0.628. The standard InChI is InChI=1S/C23H24N4S.C5H12.C2H6/c1-3-19(20-7-5-4-6-8-20)15-17(2)22(28)27-21-11-9-18(10-12-21)16-26-23-24-13-14-25-23;1-4-5(2)3;1-2/h4-15H,2-3,16H2,1H3,(H,27,28)(H2,24,25,26);5H,4H2,1-3H3;1-2H3/b19-15+;;. The number of imidazole rings is 1. The molecule has 3 rings (SSSR count). The predicted octanol–water partition coefficient (Wildman–Crippen LogP) is 8.89. The molecule has 0 amide bonds. The van der Waals surface area contributed by atoms with Gasteiger partial charge < -0.3 is 15.6 Å². The van der Waals surface area contributed by atoms with Crippen molar-refractivity contribution in [1.29, 1.82) is 0 Å². The maximum atomic E-state index is 5.53. The van der Waals surface area contributed by atoms with Crippen LogP contribution in [0.3, 0.4) is 0 Å². The van der Waals surface area contributed by atoms with Crippen molar-refractivity contribution in [2.75, 3.05) is 10.6 Å². The van der Waals surface area contributed by atoms with E-state index in [1.54, 1.807) is 12.4 Å². The Morgan fingerprint density at radius 2 is 1.69 bits per heavy atom. The molecule has 0 saturated heterocycles. The summed E-state index contributed by atoms with van der Waals surface area (Å²) in [7, 11) is 0. The molecule has 3 N–H and O–H groups in total. The van der Waals surface area contributed by atoms with E-state index in [0.717, 1.165) is 35.1 Å². The van der Waals surface area contributed by atoms with Gasteiger partial charge in [0.2, 0.25) is 0 Å². The molecule has 0 unspecified atom stereocenters. The van der Waals surface area contributed by atoms with Crippen molar-refractivity contribution in [1.82, 2.24) is 9.97 Å². The van der Waals surface area contributed by atoms with E-state index in [2.05, 4.69) is 85.2 Å². The van der Waals surface area contributed by atoms with Crippen LogP contribution in [0, 0.1) is 5.92 Å². The third-order valence-electron chi connectivity index (χ3n) is 5.15. The van der Waals surface area contributed by atoms with Gasteiger partial charge in [-0.25, -0.2) is 4.98 Å². The van der Waals surface area contributed by atoms with Crippen LogP contribution in [-0.4, -0.2) is 15.0 Å². The lowest BCUT2D eigenvalue weighted by Crippen LogP contribution is -2.10. The second kappa shape index (κ2) is 17.3. The van der Waals surface area contributed by atoms with E-state index in [9.17, 15) is 0 Å². The van der Waals surface area contributed by atoms with Crippen LogP contribution in [0.15, 0.2) is 85.2 Å². The second-order valence-electron chi connectivity index (χ2n) is 8.16. The van der Waals surface area contributed by atoms with Gasteiger partial charge in [-0.3, -0.25) is 0 Å². The highest BCUT2D eigenvalue weighted by atomic mass is 32.1. The summed E-state index contributed by atoms with van der Waals surface area (Å²) >= 11 is 5.53. The Balaban J connectivity index is 0.000000779. The number of aromatic amines is 1. The number of rotatable bonds is 9. The minimum absolute atomic E-state index is 0.628. The smallest absolute Gasteiger partial charge is 0.200 e. The van der Waals surface area contributed by atoms with Gasteiger partial charge in [-0.05, 0) is 47.2 Å². The molecule has 0 aliphatic carbocycles. The summed E-state index contributed by atoms with van der Waals surface area (Å²) in [6.45, 7) is 17.6. The lowest BCUT2D eigenvalue weighted by molar-refractivity contribution is 0.626. The van der Waals surface area contributed by atoms with E-state index in [4.69, 9.17) is 12.2 Å². The normalized spacial score (nSPS) is 10.4. The molecule has 0 saturated carbocycles. The third kappa shape index (κ3) is 11.7. The number of allylic oxidation sites excluding steroid dienone is 1. The molecule has 0 aliphatic rings. The van der Waals surface area contributed by atoms with Crippen LogP contribution in [-0.2, 0) is 6.54 Å². The fourth-order valence-electron chi connectivity index (χ4n) is 2.78. The molecule has 2 aromatic carbocycles. The fourth-order valence-corrected chi connectivity index (χ4v) is 2.96. The summed E-state index contributed by atoms with van der Waals surface area (Å²) in [5.74, 6) is 1.65. The summed E-state index contributed by atoms with van der Waals surface area (Å²) in [5.41, 5.74) is 5.32. The highest BCUT2D eigenvalue weighted by molar-refractivity contribution is 7.81. The Hall–Kier alpha value is -3.18. The van der Waals surface area contributed by atoms with Crippen LogP contribution in [0.5, 0.6) is 0 Å². The lowest BCUT2D eigenvalue weighted by atomic mass is 10.0. The van der Waals surface area contributed by atoms with Gasteiger partial charge in [0.05, 0.1) is 0 Å². The Morgan fingerprint density at radius 3 is 2.20 bits per heavy atom. The molecule has 5 heteroatoms. The van der Waals surface area contributed by atoms with Gasteiger partial charge in [0.25, 0.3) is 0 Å². The van der Waals surface area contributed by atoms with Gasteiger partial charge in [-0.2, -0.15) is 0 Å². The summed E-state index contributed by atoms with van der Waals surface area (Å²) in [6, 6.07) is 18.5. The molecule has 4 nitrogen and oxygen atoms in total. The van der Waals surface area contributed by atoms with Gasteiger partial charge in [-0.15, -0.1) is 0 Å². The first-order chi connectivity index (χ1) is 16.9. The molecule has 0 radical (unpaired) electrons. The first-order valence-corrected chi connectivity index (χ1v) is 12.9. The van der Waals surface area contributed by atoms with Crippen molar-refractivity contribution >= 4 is 34.4 Å². The largest absolute Gasteiger partial charge is 0.352 e. The quantitative estimate of drug-likeness (QED) is 0.159. The fraction of sp³-hybridized carbons (Fsp3) is 0.333. The highest BCUT2D eigenvalue weighted by Gasteiger charge is 2.05. The summed E-state index contributed by atoms with van der Waals surface area (Å²) in [5, 5.41) is 6.50. The number of benzene rings is 2. The van der Waals surface area contributed by atoms with Gasteiger partial charge in [0.1, 0.15) is 4.99 Å². The maximum absolute atomic E-state index is 5.53. The SMILES string of the molecule is C=C(/C=C(\CC)c1ccccc1)C(=S)Nc1ccc(CNc2ncc[nH]2)cc1.CC.CCC(C)C. The van der Waals surface area contributed by atoms with E-state index in [-0.39, 0.29) is 0 Å². The Bertz CT molecular complexity index is 1000. The van der Waals surface area contributed by atoms with Gasteiger partial charge in [0.15, 0.2) is 5.95 Å². The van der Waals surface area contributed by atoms with Gasteiger partial charge in [0, 0.05) is 30.2 Å².